The molecule has 1 aromatic carbocycles. The lowest BCUT2D eigenvalue weighted by Gasteiger charge is -2.24. The fraction of sp³-hybridized carbons (Fsp3) is 0.538. The second kappa shape index (κ2) is 5.57. The zero-order valence-electron chi connectivity index (χ0n) is 9.33. The molecule has 0 aliphatic carbocycles. The van der Waals surface area contributed by atoms with Crippen molar-refractivity contribution in [2.24, 2.45) is 0 Å². The quantitative estimate of drug-likeness (QED) is 0.842. The Kier molecular flexibility index (Phi) is 4.09. The maximum absolute atomic E-state index is 3.26. The minimum atomic E-state index is 0.802. The van der Waals surface area contributed by atoms with Crippen molar-refractivity contribution in [3.8, 4) is 0 Å². The predicted molar refractivity (Wildman–Crippen MR) is 68.5 cm³/mol. The fourth-order valence-electron chi connectivity index (χ4n) is 2.29. The summed E-state index contributed by atoms with van der Waals surface area (Å²) in [6, 6.07) is 8.89. The summed E-state index contributed by atoms with van der Waals surface area (Å²) in [5, 5.41) is 3.26. The van der Waals surface area contributed by atoms with Gasteiger partial charge >= 0.3 is 0 Å². The Morgan fingerprint density at radius 3 is 2.73 bits per heavy atom. The third-order valence-corrected chi connectivity index (χ3v) is 4.13. The minimum Gasteiger partial charge on any atom is -0.316 e. The van der Waals surface area contributed by atoms with Crippen molar-refractivity contribution in [3.63, 3.8) is 0 Å². The smallest absolute Gasteiger partial charge is 0.0205 e. The van der Waals surface area contributed by atoms with Crippen LogP contribution in [0.2, 0.25) is 0 Å². The lowest BCUT2D eigenvalue weighted by Crippen LogP contribution is -2.13. The summed E-state index contributed by atoms with van der Waals surface area (Å²) in [7, 11) is 2.02. The van der Waals surface area contributed by atoms with Gasteiger partial charge in [0.1, 0.15) is 0 Å². The molecule has 1 aliphatic heterocycles. The molecule has 0 aromatic heterocycles. The summed E-state index contributed by atoms with van der Waals surface area (Å²) in [6.07, 6.45) is 2.71. The molecule has 0 amide bonds. The molecule has 2 heteroatoms. The van der Waals surface area contributed by atoms with Gasteiger partial charge in [-0.3, -0.25) is 0 Å². The van der Waals surface area contributed by atoms with Gasteiger partial charge in [0.05, 0.1) is 0 Å². The molecule has 0 radical (unpaired) electrons. The Bertz CT molecular complexity index is 305. The molecule has 1 aliphatic rings. The van der Waals surface area contributed by atoms with Gasteiger partial charge < -0.3 is 5.32 Å². The number of hydrogen-bond acceptors (Lipinski definition) is 2. The zero-order valence-corrected chi connectivity index (χ0v) is 10.1. The molecule has 0 saturated carbocycles. The average molecular weight is 221 g/mol. The van der Waals surface area contributed by atoms with Gasteiger partial charge in [-0.25, -0.2) is 0 Å². The van der Waals surface area contributed by atoms with E-state index in [0.717, 1.165) is 12.5 Å². The van der Waals surface area contributed by atoms with Gasteiger partial charge in [0.25, 0.3) is 0 Å². The van der Waals surface area contributed by atoms with Gasteiger partial charge in [-0.15, -0.1) is 0 Å². The summed E-state index contributed by atoms with van der Waals surface area (Å²) in [5.74, 6) is 3.47. The van der Waals surface area contributed by atoms with Crippen molar-refractivity contribution < 1.29 is 0 Å². The van der Waals surface area contributed by atoms with Gasteiger partial charge in [0.2, 0.25) is 0 Å². The molecular weight excluding hydrogens is 202 g/mol. The first-order valence-corrected chi connectivity index (χ1v) is 6.87. The van der Waals surface area contributed by atoms with Gasteiger partial charge in [0, 0.05) is 6.54 Å². The normalized spacial score (nSPS) is 17.9. The van der Waals surface area contributed by atoms with Crippen LogP contribution in [0.25, 0.3) is 0 Å². The van der Waals surface area contributed by atoms with Crippen molar-refractivity contribution in [3.05, 3.63) is 35.4 Å². The van der Waals surface area contributed by atoms with Crippen LogP contribution in [0.1, 0.15) is 29.9 Å². The Balaban J connectivity index is 2.17. The highest BCUT2D eigenvalue weighted by atomic mass is 32.2. The van der Waals surface area contributed by atoms with Crippen LogP contribution in [0.4, 0.5) is 0 Å². The molecule has 1 N–H and O–H groups in total. The Labute approximate surface area is 96.7 Å². The van der Waals surface area contributed by atoms with E-state index in [-0.39, 0.29) is 0 Å². The Hall–Kier alpha value is -0.470. The molecule has 0 spiro atoms. The monoisotopic (exact) mass is 221 g/mol. The largest absolute Gasteiger partial charge is 0.316 e. The molecule has 0 atom stereocenters. The lowest BCUT2D eigenvalue weighted by atomic mass is 9.90. The average Bonchev–Trinajstić information content (AvgIpc) is 2.31. The summed E-state index contributed by atoms with van der Waals surface area (Å²) in [6.45, 7) is 1.000. The molecule has 1 nitrogen and oxygen atoms in total. The van der Waals surface area contributed by atoms with E-state index in [4.69, 9.17) is 0 Å². The van der Waals surface area contributed by atoms with Gasteiger partial charge in [0.15, 0.2) is 0 Å². The van der Waals surface area contributed by atoms with Gasteiger partial charge in [-0.1, -0.05) is 24.3 Å². The maximum Gasteiger partial charge on any atom is 0.0205 e. The van der Waals surface area contributed by atoms with Crippen LogP contribution in [0.5, 0.6) is 0 Å². The van der Waals surface area contributed by atoms with Crippen molar-refractivity contribution >= 4 is 11.8 Å². The highest BCUT2D eigenvalue weighted by Gasteiger charge is 2.17. The van der Waals surface area contributed by atoms with Gasteiger partial charge in [-0.2, -0.15) is 11.8 Å². The predicted octanol–water partition coefficient (Wildman–Crippen LogP) is 3.02. The van der Waals surface area contributed by atoms with E-state index in [1.165, 1.54) is 29.9 Å². The first-order valence-electron chi connectivity index (χ1n) is 5.72. The summed E-state index contributed by atoms with van der Waals surface area (Å²) >= 11 is 2.10. The van der Waals surface area contributed by atoms with Crippen molar-refractivity contribution in [1.29, 1.82) is 0 Å². The van der Waals surface area contributed by atoms with Crippen LogP contribution in [0, 0.1) is 0 Å². The van der Waals surface area contributed by atoms with E-state index in [1.54, 1.807) is 5.56 Å². The van der Waals surface area contributed by atoms with E-state index in [2.05, 4.69) is 41.3 Å². The van der Waals surface area contributed by atoms with E-state index < -0.39 is 0 Å². The van der Waals surface area contributed by atoms with Gasteiger partial charge in [-0.05, 0) is 48.4 Å². The molecule has 1 fully saturated rings. The minimum absolute atomic E-state index is 0.802. The maximum atomic E-state index is 3.26. The molecule has 15 heavy (non-hydrogen) atoms. The number of hydrogen-bond donors (Lipinski definition) is 1. The van der Waals surface area contributed by atoms with Crippen molar-refractivity contribution in [2.45, 2.75) is 25.3 Å². The summed E-state index contributed by atoms with van der Waals surface area (Å²) in [4.78, 5) is 0. The fourth-order valence-corrected chi connectivity index (χ4v) is 3.40. The highest BCUT2D eigenvalue weighted by molar-refractivity contribution is 7.99. The van der Waals surface area contributed by atoms with Crippen LogP contribution >= 0.6 is 11.8 Å². The van der Waals surface area contributed by atoms with Crippen LogP contribution < -0.4 is 5.32 Å². The molecule has 1 saturated heterocycles. The summed E-state index contributed by atoms with van der Waals surface area (Å²) < 4.78 is 0. The zero-order chi connectivity index (χ0) is 10.5. The summed E-state index contributed by atoms with van der Waals surface area (Å²) in [5.41, 5.74) is 3.06. The topological polar surface area (TPSA) is 12.0 Å². The van der Waals surface area contributed by atoms with Crippen molar-refractivity contribution in [1.82, 2.24) is 5.32 Å². The molecule has 82 valence electrons. The number of rotatable bonds is 3. The molecule has 1 aromatic rings. The Morgan fingerprint density at radius 2 is 2.00 bits per heavy atom. The first-order chi connectivity index (χ1) is 7.42. The first kappa shape index (κ1) is 11.0. The van der Waals surface area contributed by atoms with Crippen LogP contribution in [0.3, 0.4) is 0 Å². The van der Waals surface area contributed by atoms with Crippen LogP contribution in [-0.4, -0.2) is 18.6 Å². The number of nitrogens with one attached hydrogen (secondary N) is 1. The molecule has 1 heterocycles. The standard InChI is InChI=1S/C13H19NS/c1-14-10-12-4-2-3-5-13(12)11-6-8-15-9-7-11/h2-5,11,14H,6-10H2,1H3. The van der Waals surface area contributed by atoms with E-state index in [1.807, 2.05) is 7.05 Å². The SMILES string of the molecule is CNCc1ccccc1C1CCSCC1. The van der Waals surface area contributed by atoms with E-state index >= 15 is 0 Å². The number of thioether (sulfide) groups is 1. The molecule has 2 rings (SSSR count). The highest BCUT2D eigenvalue weighted by Crippen LogP contribution is 2.33. The second-order valence-corrected chi connectivity index (χ2v) is 5.34. The Morgan fingerprint density at radius 1 is 1.27 bits per heavy atom. The van der Waals surface area contributed by atoms with E-state index in [0.29, 0.717) is 0 Å². The molecule has 0 unspecified atom stereocenters. The number of benzene rings is 1. The lowest BCUT2D eigenvalue weighted by molar-refractivity contribution is 0.625. The van der Waals surface area contributed by atoms with Crippen molar-refractivity contribution in [2.75, 3.05) is 18.6 Å². The third kappa shape index (κ3) is 2.76. The second-order valence-electron chi connectivity index (χ2n) is 4.12. The van der Waals surface area contributed by atoms with Crippen LogP contribution in [-0.2, 0) is 6.54 Å². The van der Waals surface area contributed by atoms with E-state index in [9.17, 15) is 0 Å². The molecular formula is C13H19NS. The third-order valence-electron chi connectivity index (χ3n) is 3.08. The molecule has 0 bridgehead atoms. The van der Waals surface area contributed by atoms with Crippen LogP contribution in [0.15, 0.2) is 24.3 Å².